The molecule has 8 heteroatoms. The van der Waals surface area contributed by atoms with E-state index < -0.39 is 30.1 Å². The molecule has 1 aliphatic heterocycles. The maximum atomic E-state index is 12.4. The van der Waals surface area contributed by atoms with E-state index in [-0.39, 0.29) is 5.69 Å². The maximum Gasteiger partial charge on any atom is 0.416 e. The lowest BCUT2D eigenvalue weighted by Crippen LogP contribution is -2.44. The summed E-state index contributed by atoms with van der Waals surface area (Å²) in [6.07, 6.45) is -4.95. The Morgan fingerprint density at radius 3 is 2.43 bits per heavy atom. The molecule has 1 saturated heterocycles. The Kier molecular flexibility index (Phi) is 4.38. The molecule has 0 spiro atoms. The van der Waals surface area contributed by atoms with Gasteiger partial charge in [0.15, 0.2) is 6.29 Å². The fourth-order valence-electron chi connectivity index (χ4n) is 2.29. The van der Waals surface area contributed by atoms with E-state index in [0.717, 1.165) is 24.3 Å². The molecule has 5 nitrogen and oxygen atoms in total. The van der Waals surface area contributed by atoms with Crippen LogP contribution in [0.4, 0.5) is 23.7 Å². The molecule has 1 aliphatic rings. The molecule has 3 N–H and O–H groups in total. The second kappa shape index (κ2) is 5.90. The maximum absolute atomic E-state index is 12.4. The Morgan fingerprint density at radius 2 is 1.90 bits per heavy atom. The van der Waals surface area contributed by atoms with Crippen molar-refractivity contribution in [1.29, 1.82) is 0 Å². The van der Waals surface area contributed by atoms with Crippen molar-refractivity contribution in [3.63, 3.8) is 0 Å². The lowest BCUT2D eigenvalue weighted by molar-refractivity contribution is -0.137. The molecular formula is C13H15F3N2O3. The first-order valence-corrected chi connectivity index (χ1v) is 6.40. The van der Waals surface area contributed by atoms with Crippen LogP contribution in [0.15, 0.2) is 24.3 Å². The number of carbonyl (C=O) groups is 1. The fourth-order valence-corrected chi connectivity index (χ4v) is 2.29. The van der Waals surface area contributed by atoms with Crippen LogP contribution < -0.4 is 5.32 Å². The number of hydrogen-bond acceptors (Lipinski definition) is 3. The average molecular weight is 304 g/mol. The Bertz CT molecular complexity index is 502. The van der Waals surface area contributed by atoms with Crippen molar-refractivity contribution in [1.82, 2.24) is 4.90 Å². The number of alkyl halides is 3. The van der Waals surface area contributed by atoms with Crippen LogP contribution in [0, 0.1) is 0 Å². The minimum absolute atomic E-state index is 0.214. The molecule has 2 rings (SSSR count). The number of amides is 2. The van der Waals surface area contributed by atoms with Crippen molar-refractivity contribution in [2.45, 2.75) is 31.3 Å². The van der Waals surface area contributed by atoms with Gasteiger partial charge < -0.3 is 20.4 Å². The molecule has 0 aliphatic carbocycles. The van der Waals surface area contributed by atoms with Crippen LogP contribution >= 0.6 is 0 Å². The first kappa shape index (κ1) is 15.6. The SMILES string of the molecule is O=C(Nc1ccc(C(F)(F)F)cc1)N1CCC[C@@H]1C(O)O. The summed E-state index contributed by atoms with van der Waals surface area (Å²) < 4.78 is 37.3. The van der Waals surface area contributed by atoms with Gasteiger partial charge in [0.2, 0.25) is 0 Å². The number of benzene rings is 1. The summed E-state index contributed by atoms with van der Waals surface area (Å²) in [5.74, 6) is 0. The first-order valence-electron chi connectivity index (χ1n) is 6.40. The predicted octanol–water partition coefficient (Wildman–Crippen LogP) is 2.01. The van der Waals surface area contributed by atoms with Gasteiger partial charge in [0.05, 0.1) is 11.6 Å². The Balaban J connectivity index is 2.03. The van der Waals surface area contributed by atoms with Crippen LogP contribution in [-0.2, 0) is 6.18 Å². The van der Waals surface area contributed by atoms with Gasteiger partial charge in [0.25, 0.3) is 0 Å². The zero-order valence-electron chi connectivity index (χ0n) is 11.0. The number of aliphatic hydroxyl groups excluding tert-OH is 1. The number of nitrogens with zero attached hydrogens (tertiary/aromatic N) is 1. The van der Waals surface area contributed by atoms with E-state index in [1.54, 1.807) is 0 Å². The Labute approximate surface area is 119 Å². The van der Waals surface area contributed by atoms with E-state index in [2.05, 4.69) is 5.32 Å². The Morgan fingerprint density at radius 1 is 1.29 bits per heavy atom. The summed E-state index contributed by atoms with van der Waals surface area (Å²) >= 11 is 0. The van der Waals surface area contributed by atoms with E-state index in [1.165, 1.54) is 4.90 Å². The third-order valence-electron chi connectivity index (χ3n) is 3.37. The topological polar surface area (TPSA) is 72.8 Å². The average Bonchev–Trinajstić information content (AvgIpc) is 2.87. The van der Waals surface area contributed by atoms with Crippen LogP contribution in [-0.4, -0.2) is 40.0 Å². The molecule has 1 atom stereocenters. The third-order valence-corrected chi connectivity index (χ3v) is 3.37. The van der Waals surface area contributed by atoms with Crippen molar-refractivity contribution >= 4 is 11.7 Å². The van der Waals surface area contributed by atoms with E-state index in [0.29, 0.717) is 19.4 Å². The number of aliphatic hydroxyl groups is 2. The van der Waals surface area contributed by atoms with Crippen LogP contribution in [0.2, 0.25) is 0 Å². The van der Waals surface area contributed by atoms with Crippen LogP contribution in [0.5, 0.6) is 0 Å². The quantitative estimate of drug-likeness (QED) is 0.732. The highest BCUT2D eigenvalue weighted by atomic mass is 19.4. The van der Waals surface area contributed by atoms with Gasteiger partial charge in [-0.25, -0.2) is 4.79 Å². The second-order valence-corrected chi connectivity index (χ2v) is 4.82. The fraction of sp³-hybridized carbons (Fsp3) is 0.462. The number of anilines is 1. The molecule has 0 unspecified atom stereocenters. The second-order valence-electron chi connectivity index (χ2n) is 4.82. The predicted molar refractivity (Wildman–Crippen MR) is 68.4 cm³/mol. The number of likely N-dealkylation sites (tertiary alicyclic amines) is 1. The summed E-state index contributed by atoms with van der Waals surface area (Å²) in [5, 5.41) is 20.8. The first-order chi connectivity index (χ1) is 9.79. The molecule has 116 valence electrons. The van der Waals surface area contributed by atoms with Gasteiger partial charge in [0.1, 0.15) is 0 Å². The number of hydrogen-bond donors (Lipinski definition) is 3. The number of halogens is 3. The summed E-state index contributed by atoms with van der Waals surface area (Å²) in [5.41, 5.74) is -0.587. The van der Waals surface area contributed by atoms with Gasteiger partial charge in [-0.3, -0.25) is 0 Å². The van der Waals surface area contributed by atoms with E-state index >= 15 is 0 Å². The normalized spacial score (nSPS) is 19.1. The van der Waals surface area contributed by atoms with Gasteiger partial charge in [-0.05, 0) is 37.1 Å². The van der Waals surface area contributed by atoms with Crippen molar-refractivity contribution in [2.24, 2.45) is 0 Å². The molecule has 2 amide bonds. The number of carbonyl (C=O) groups excluding carboxylic acids is 1. The van der Waals surface area contributed by atoms with Crippen LogP contribution in [0.3, 0.4) is 0 Å². The minimum Gasteiger partial charge on any atom is -0.366 e. The molecular weight excluding hydrogens is 289 g/mol. The molecule has 0 radical (unpaired) electrons. The molecule has 0 saturated carbocycles. The van der Waals surface area contributed by atoms with E-state index in [1.807, 2.05) is 0 Å². The van der Waals surface area contributed by atoms with Gasteiger partial charge in [0, 0.05) is 12.2 Å². The Hall–Kier alpha value is -1.80. The third kappa shape index (κ3) is 3.64. The molecule has 21 heavy (non-hydrogen) atoms. The van der Waals surface area contributed by atoms with Gasteiger partial charge in [-0.1, -0.05) is 0 Å². The summed E-state index contributed by atoms with van der Waals surface area (Å²) in [6, 6.07) is 2.79. The summed E-state index contributed by atoms with van der Waals surface area (Å²) in [7, 11) is 0. The highest BCUT2D eigenvalue weighted by molar-refractivity contribution is 5.89. The molecule has 1 fully saturated rings. The van der Waals surface area contributed by atoms with Crippen molar-refractivity contribution < 1.29 is 28.2 Å². The highest BCUT2D eigenvalue weighted by Gasteiger charge is 2.33. The monoisotopic (exact) mass is 304 g/mol. The minimum atomic E-state index is -4.43. The standard InChI is InChI=1S/C13H15F3N2O3/c14-13(15,16)8-3-5-9(6-4-8)17-12(21)18-7-1-2-10(18)11(19)20/h3-6,10-11,19-20H,1-2,7H2,(H,17,21)/t10-/m1/s1. The van der Waals surface area contributed by atoms with Crippen LogP contribution in [0.25, 0.3) is 0 Å². The molecule has 1 heterocycles. The van der Waals surface area contributed by atoms with Crippen molar-refractivity contribution in [3.8, 4) is 0 Å². The van der Waals surface area contributed by atoms with Crippen molar-refractivity contribution in [3.05, 3.63) is 29.8 Å². The van der Waals surface area contributed by atoms with Gasteiger partial charge >= 0.3 is 12.2 Å². The number of urea groups is 1. The van der Waals surface area contributed by atoms with Crippen molar-refractivity contribution in [2.75, 3.05) is 11.9 Å². The molecule has 0 bridgehead atoms. The molecule has 1 aromatic rings. The van der Waals surface area contributed by atoms with E-state index in [9.17, 15) is 28.2 Å². The lowest BCUT2D eigenvalue weighted by atomic mass is 10.2. The molecule has 1 aromatic carbocycles. The van der Waals surface area contributed by atoms with Crippen LogP contribution in [0.1, 0.15) is 18.4 Å². The lowest BCUT2D eigenvalue weighted by Gasteiger charge is -2.26. The number of rotatable bonds is 2. The van der Waals surface area contributed by atoms with Gasteiger partial charge in [-0.2, -0.15) is 13.2 Å². The highest BCUT2D eigenvalue weighted by Crippen LogP contribution is 2.30. The number of nitrogens with one attached hydrogen (secondary N) is 1. The summed E-state index contributed by atoms with van der Waals surface area (Å²) in [6.45, 7) is 0.370. The van der Waals surface area contributed by atoms with E-state index in [4.69, 9.17) is 0 Å². The zero-order valence-corrected chi connectivity index (χ0v) is 11.0. The smallest absolute Gasteiger partial charge is 0.366 e. The summed E-state index contributed by atoms with van der Waals surface area (Å²) in [4.78, 5) is 13.2. The van der Waals surface area contributed by atoms with Gasteiger partial charge in [-0.15, -0.1) is 0 Å². The zero-order chi connectivity index (χ0) is 15.6. The largest absolute Gasteiger partial charge is 0.416 e. The molecule has 0 aromatic heterocycles.